The fourth-order valence-electron chi connectivity index (χ4n) is 2.64. The average molecular weight is 381 g/mol. The predicted molar refractivity (Wildman–Crippen MR) is 107 cm³/mol. The number of benzene rings is 1. The lowest BCUT2D eigenvalue weighted by Gasteiger charge is -2.13. The van der Waals surface area contributed by atoms with Gasteiger partial charge in [-0.2, -0.15) is 5.10 Å². The Morgan fingerprint density at radius 1 is 1.19 bits per heavy atom. The molecule has 1 amide bonds. The van der Waals surface area contributed by atoms with Gasteiger partial charge in [0.1, 0.15) is 0 Å². The first-order valence-corrected chi connectivity index (χ1v) is 8.67. The highest BCUT2D eigenvalue weighted by atomic mass is 35.5. The number of halogens is 1. The van der Waals surface area contributed by atoms with E-state index in [1.54, 1.807) is 13.3 Å². The molecule has 0 unspecified atom stereocenters. The molecule has 144 valence electrons. The fourth-order valence-corrected chi connectivity index (χ4v) is 2.64. The molecule has 1 heterocycles. The van der Waals surface area contributed by atoms with Crippen molar-refractivity contribution in [3.8, 4) is 5.69 Å². The standard InChI is InChI=1S/C19H28N4O2.ClH/c1-14(2)18-17(19(24)21-10-9-20-11-12-25-4)13-22-23(18)16-7-5-15(3)6-8-16;/h5-8,13-14,20H,9-12H2,1-4H3,(H,21,24);1H. The summed E-state index contributed by atoms with van der Waals surface area (Å²) in [6, 6.07) is 8.14. The minimum absolute atomic E-state index is 0. The maximum absolute atomic E-state index is 12.5. The summed E-state index contributed by atoms with van der Waals surface area (Å²) in [5.41, 5.74) is 3.72. The molecular weight excluding hydrogens is 352 g/mol. The Kier molecular flexibility index (Phi) is 9.34. The monoisotopic (exact) mass is 380 g/mol. The van der Waals surface area contributed by atoms with Crippen molar-refractivity contribution in [1.82, 2.24) is 20.4 Å². The lowest BCUT2D eigenvalue weighted by Crippen LogP contribution is -2.33. The molecule has 0 saturated heterocycles. The summed E-state index contributed by atoms with van der Waals surface area (Å²) in [5, 5.41) is 10.6. The van der Waals surface area contributed by atoms with Crippen LogP contribution in [0.25, 0.3) is 5.69 Å². The van der Waals surface area contributed by atoms with Crippen molar-refractivity contribution in [3.05, 3.63) is 47.3 Å². The Hall–Kier alpha value is -1.89. The highest BCUT2D eigenvalue weighted by molar-refractivity contribution is 5.95. The third-order valence-corrected chi connectivity index (χ3v) is 3.95. The number of nitrogens with one attached hydrogen (secondary N) is 2. The van der Waals surface area contributed by atoms with Crippen LogP contribution in [-0.4, -0.2) is 49.0 Å². The van der Waals surface area contributed by atoms with Gasteiger partial charge < -0.3 is 15.4 Å². The van der Waals surface area contributed by atoms with E-state index in [0.29, 0.717) is 25.3 Å². The van der Waals surface area contributed by atoms with E-state index < -0.39 is 0 Å². The maximum atomic E-state index is 12.5. The quantitative estimate of drug-likeness (QED) is 0.656. The lowest BCUT2D eigenvalue weighted by atomic mass is 10.0. The predicted octanol–water partition coefficient (Wildman–Crippen LogP) is 2.69. The van der Waals surface area contributed by atoms with Gasteiger partial charge in [0.25, 0.3) is 5.91 Å². The Balaban J connectivity index is 0.00000338. The van der Waals surface area contributed by atoms with Crippen LogP contribution < -0.4 is 10.6 Å². The smallest absolute Gasteiger partial charge is 0.254 e. The van der Waals surface area contributed by atoms with Crippen molar-refractivity contribution in [1.29, 1.82) is 0 Å². The summed E-state index contributed by atoms with van der Waals surface area (Å²) in [4.78, 5) is 12.5. The average Bonchev–Trinajstić information content (AvgIpc) is 3.04. The Morgan fingerprint density at radius 2 is 1.88 bits per heavy atom. The zero-order valence-electron chi connectivity index (χ0n) is 15.9. The van der Waals surface area contributed by atoms with Gasteiger partial charge in [-0.25, -0.2) is 4.68 Å². The third kappa shape index (κ3) is 5.83. The van der Waals surface area contributed by atoms with Crippen molar-refractivity contribution in [2.24, 2.45) is 0 Å². The molecule has 0 aliphatic heterocycles. The molecule has 2 aromatic rings. The van der Waals surface area contributed by atoms with Crippen molar-refractivity contribution in [2.75, 3.05) is 33.4 Å². The second kappa shape index (κ2) is 11.0. The van der Waals surface area contributed by atoms with Crippen LogP contribution in [0.2, 0.25) is 0 Å². The molecule has 0 radical (unpaired) electrons. The minimum atomic E-state index is -0.0874. The number of hydrogen-bond acceptors (Lipinski definition) is 4. The maximum Gasteiger partial charge on any atom is 0.254 e. The van der Waals surface area contributed by atoms with Gasteiger partial charge in [0.2, 0.25) is 0 Å². The number of methoxy groups -OCH3 is 1. The van der Waals surface area contributed by atoms with Crippen LogP contribution in [0.15, 0.2) is 30.5 Å². The first-order valence-electron chi connectivity index (χ1n) is 8.67. The van der Waals surface area contributed by atoms with Crippen LogP contribution in [0.5, 0.6) is 0 Å². The SMILES string of the molecule is COCCNCCNC(=O)c1cnn(-c2ccc(C)cc2)c1C(C)C.Cl. The summed E-state index contributed by atoms with van der Waals surface area (Å²) in [7, 11) is 1.67. The topological polar surface area (TPSA) is 68.2 Å². The molecule has 6 nitrogen and oxygen atoms in total. The van der Waals surface area contributed by atoms with Gasteiger partial charge in [0.05, 0.1) is 29.7 Å². The van der Waals surface area contributed by atoms with Crippen LogP contribution in [0.3, 0.4) is 0 Å². The fraction of sp³-hybridized carbons (Fsp3) is 0.474. The summed E-state index contributed by atoms with van der Waals surface area (Å²) >= 11 is 0. The number of amides is 1. The Bertz CT molecular complexity index is 683. The zero-order valence-corrected chi connectivity index (χ0v) is 16.7. The summed E-state index contributed by atoms with van der Waals surface area (Å²) < 4.78 is 6.83. The number of hydrogen-bond donors (Lipinski definition) is 2. The van der Waals surface area contributed by atoms with E-state index in [2.05, 4.69) is 36.5 Å². The molecule has 1 aromatic heterocycles. The molecule has 0 aliphatic carbocycles. The molecule has 7 heteroatoms. The number of aryl methyl sites for hydroxylation is 1. The van der Waals surface area contributed by atoms with E-state index in [4.69, 9.17) is 4.74 Å². The minimum Gasteiger partial charge on any atom is -0.383 e. The number of nitrogens with zero attached hydrogens (tertiary/aromatic N) is 2. The number of aromatic nitrogens is 2. The molecule has 0 fully saturated rings. The molecule has 0 spiro atoms. The van der Waals surface area contributed by atoms with Crippen LogP contribution >= 0.6 is 12.4 Å². The second-order valence-electron chi connectivity index (χ2n) is 6.34. The molecule has 2 N–H and O–H groups in total. The van der Waals surface area contributed by atoms with Crippen molar-refractivity contribution < 1.29 is 9.53 Å². The number of ether oxygens (including phenoxy) is 1. The largest absolute Gasteiger partial charge is 0.383 e. The third-order valence-electron chi connectivity index (χ3n) is 3.95. The molecule has 26 heavy (non-hydrogen) atoms. The zero-order chi connectivity index (χ0) is 18.2. The van der Waals surface area contributed by atoms with Gasteiger partial charge in [0.15, 0.2) is 0 Å². The molecule has 2 rings (SSSR count). The van der Waals surface area contributed by atoms with Gasteiger partial charge >= 0.3 is 0 Å². The van der Waals surface area contributed by atoms with Crippen LogP contribution in [0.1, 0.15) is 41.4 Å². The highest BCUT2D eigenvalue weighted by Gasteiger charge is 2.20. The molecule has 1 aromatic carbocycles. The van der Waals surface area contributed by atoms with Crippen molar-refractivity contribution in [2.45, 2.75) is 26.7 Å². The van der Waals surface area contributed by atoms with Crippen molar-refractivity contribution in [3.63, 3.8) is 0 Å². The Labute approximate surface area is 161 Å². The molecular formula is C19H29ClN4O2. The van der Waals surface area contributed by atoms with E-state index in [0.717, 1.165) is 17.9 Å². The van der Waals surface area contributed by atoms with Crippen molar-refractivity contribution >= 4 is 18.3 Å². The highest BCUT2D eigenvalue weighted by Crippen LogP contribution is 2.23. The van der Waals surface area contributed by atoms with E-state index in [9.17, 15) is 4.79 Å². The lowest BCUT2D eigenvalue weighted by molar-refractivity contribution is 0.0952. The van der Waals surface area contributed by atoms with Gasteiger partial charge in [-0.1, -0.05) is 31.5 Å². The van der Waals surface area contributed by atoms with Crippen LogP contribution in [0, 0.1) is 6.92 Å². The molecule has 0 saturated carbocycles. The van der Waals surface area contributed by atoms with Crippen LogP contribution in [-0.2, 0) is 4.74 Å². The number of carbonyl (C=O) groups is 1. The molecule has 0 atom stereocenters. The first-order chi connectivity index (χ1) is 12.0. The summed E-state index contributed by atoms with van der Waals surface area (Å²) in [6.45, 7) is 8.91. The first kappa shape index (κ1) is 22.2. The van der Waals surface area contributed by atoms with Crippen LogP contribution in [0.4, 0.5) is 0 Å². The summed E-state index contributed by atoms with van der Waals surface area (Å²) in [5.74, 6) is 0.0972. The van der Waals surface area contributed by atoms with E-state index >= 15 is 0 Å². The number of carbonyl (C=O) groups excluding carboxylic acids is 1. The van der Waals surface area contributed by atoms with E-state index in [1.807, 2.05) is 28.9 Å². The van der Waals surface area contributed by atoms with Gasteiger partial charge in [0, 0.05) is 26.7 Å². The molecule has 0 bridgehead atoms. The Morgan fingerprint density at radius 3 is 2.50 bits per heavy atom. The van der Waals surface area contributed by atoms with E-state index in [-0.39, 0.29) is 24.2 Å². The van der Waals surface area contributed by atoms with E-state index in [1.165, 1.54) is 5.56 Å². The summed E-state index contributed by atoms with van der Waals surface area (Å²) in [6.07, 6.45) is 1.66. The molecule has 0 aliphatic rings. The second-order valence-corrected chi connectivity index (χ2v) is 6.34. The number of rotatable bonds is 9. The normalized spacial score (nSPS) is 10.7. The van der Waals surface area contributed by atoms with Gasteiger partial charge in [-0.15, -0.1) is 12.4 Å². The van der Waals surface area contributed by atoms with Gasteiger partial charge in [-0.05, 0) is 25.0 Å². The van der Waals surface area contributed by atoms with Gasteiger partial charge in [-0.3, -0.25) is 4.79 Å².